The van der Waals surface area contributed by atoms with Gasteiger partial charge in [-0.15, -0.1) is 0 Å². The van der Waals surface area contributed by atoms with E-state index in [2.05, 4.69) is 39.7 Å². The molecule has 1 heterocycles. The molecule has 2 fully saturated rings. The molecule has 0 spiro atoms. The zero-order valence-electron chi connectivity index (χ0n) is 20.1. The molecule has 30 heavy (non-hydrogen) atoms. The summed E-state index contributed by atoms with van der Waals surface area (Å²) in [5.41, 5.74) is -0.497. The lowest BCUT2D eigenvalue weighted by Crippen LogP contribution is -2.53. The first-order valence-corrected chi connectivity index (χ1v) is 11.9. The Balaban J connectivity index is 1.75. The van der Waals surface area contributed by atoms with E-state index < -0.39 is 5.60 Å². The highest BCUT2D eigenvalue weighted by Gasteiger charge is 2.27. The van der Waals surface area contributed by atoms with Gasteiger partial charge >= 0.3 is 6.09 Å². The number of nitrogens with zero attached hydrogens (tertiary/aromatic N) is 2. The van der Waals surface area contributed by atoms with Gasteiger partial charge in [0.2, 0.25) is 0 Å². The van der Waals surface area contributed by atoms with Gasteiger partial charge in [-0.05, 0) is 52.4 Å². The fraction of sp³-hybridized carbons (Fsp3) is 0.913. The summed E-state index contributed by atoms with van der Waals surface area (Å²) < 4.78 is 5.40. The predicted molar refractivity (Wildman–Crippen MR) is 124 cm³/mol. The smallest absolute Gasteiger partial charge is 0.407 e. The standard InChI is InChI=1S/C23H45N5O2/c1-17(2)20(27-22(29)30-23(3,4)5)16-25-21(24-6)26-18-12-14-28(15-13-18)19-10-8-7-9-11-19/h17-20H,7-16H2,1-6H3,(H,27,29)(H2,24,25,26). The largest absolute Gasteiger partial charge is 0.444 e. The lowest BCUT2D eigenvalue weighted by molar-refractivity contribution is 0.0491. The quantitative estimate of drug-likeness (QED) is 0.450. The monoisotopic (exact) mass is 423 g/mol. The summed E-state index contributed by atoms with van der Waals surface area (Å²) in [5, 5.41) is 9.96. The normalized spacial score (nSPS) is 21.4. The van der Waals surface area contributed by atoms with Gasteiger partial charge in [-0.25, -0.2) is 4.79 Å². The van der Waals surface area contributed by atoms with E-state index >= 15 is 0 Å². The number of ether oxygens (including phenoxy) is 1. The van der Waals surface area contributed by atoms with Crippen LogP contribution in [0.15, 0.2) is 4.99 Å². The average molecular weight is 424 g/mol. The number of hydrogen-bond donors (Lipinski definition) is 3. The lowest BCUT2D eigenvalue weighted by atomic mass is 9.92. The molecule has 0 aromatic rings. The van der Waals surface area contributed by atoms with Crippen LogP contribution in [0.2, 0.25) is 0 Å². The van der Waals surface area contributed by atoms with Gasteiger partial charge in [-0.1, -0.05) is 33.1 Å². The number of carbonyl (C=O) groups is 1. The number of piperidine rings is 1. The molecule has 174 valence electrons. The maximum absolute atomic E-state index is 12.2. The lowest BCUT2D eigenvalue weighted by Gasteiger charge is -2.39. The second-order valence-corrected chi connectivity index (χ2v) is 10.2. The van der Waals surface area contributed by atoms with Crippen LogP contribution < -0.4 is 16.0 Å². The summed E-state index contributed by atoms with van der Waals surface area (Å²) in [6.45, 7) is 12.8. The van der Waals surface area contributed by atoms with Crippen molar-refractivity contribution in [2.45, 2.75) is 103 Å². The summed E-state index contributed by atoms with van der Waals surface area (Å²) in [6.07, 6.45) is 8.90. The Kier molecular flexibility index (Phi) is 9.72. The Hall–Kier alpha value is -1.50. The van der Waals surface area contributed by atoms with Crippen molar-refractivity contribution in [3.63, 3.8) is 0 Å². The van der Waals surface area contributed by atoms with Crippen LogP contribution in [-0.4, -0.2) is 67.4 Å². The van der Waals surface area contributed by atoms with E-state index in [4.69, 9.17) is 4.74 Å². The third-order valence-corrected chi connectivity index (χ3v) is 6.18. The van der Waals surface area contributed by atoms with Crippen molar-refractivity contribution in [3.8, 4) is 0 Å². The Labute approximate surface area is 183 Å². The van der Waals surface area contributed by atoms with Crippen LogP contribution in [0.5, 0.6) is 0 Å². The van der Waals surface area contributed by atoms with Crippen LogP contribution in [-0.2, 0) is 4.74 Å². The molecule has 0 aromatic heterocycles. The zero-order chi connectivity index (χ0) is 22.1. The molecule has 7 heteroatoms. The van der Waals surface area contributed by atoms with Crippen LogP contribution in [0.4, 0.5) is 4.79 Å². The topological polar surface area (TPSA) is 78.0 Å². The molecule has 2 rings (SSSR count). The minimum atomic E-state index is -0.497. The minimum Gasteiger partial charge on any atom is -0.444 e. The zero-order valence-corrected chi connectivity index (χ0v) is 20.1. The Bertz CT molecular complexity index is 544. The molecule has 7 nitrogen and oxygen atoms in total. The number of amides is 1. The van der Waals surface area contributed by atoms with Gasteiger partial charge in [0.15, 0.2) is 5.96 Å². The van der Waals surface area contributed by atoms with Crippen molar-refractivity contribution in [3.05, 3.63) is 0 Å². The van der Waals surface area contributed by atoms with E-state index in [-0.39, 0.29) is 18.1 Å². The molecule has 1 aliphatic carbocycles. The van der Waals surface area contributed by atoms with Gasteiger partial charge in [0, 0.05) is 38.8 Å². The van der Waals surface area contributed by atoms with Crippen molar-refractivity contribution in [2.75, 3.05) is 26.7 Å². The van der Waals surface area contributed by atoms with Crippen molar-refractivity contribution in [1.82, 2.24) is 20.9 Å². The molecule has 3 N–H and O–H groups in total. The second-order valence-electron chi connectivity index (χ2n) is 10.2. The number of carbonyl (C=O) groups excluding carboxylic acids is 1. The van der Waals surface area contributed by atoms with Crippen LogP contribution in [0, 0.1) is 5.92 Å². The van der Waals surface area contributed by atoms with E-state index in [1.54, 1.807) is 7.05 Å². The second kappa shape index (κ2) is 11.8. The van der Waals surface area contributed by atoms with Gasteiger partial charge in [0.1, 0.15) is 5.60 Å². The fourth-order valence-corrected chi connectivity index (χ4v) is 4.36. The van der Waals surface area contributed by atoms with E-state index in [0.717, 1.165) is 24.8 Å². The third kappa shape index (κ3) is 8.70. The van der Waals surface area contributed by atoms with E-state index in [1.807, 2.05) is 20.8 Å². The summed E-state index contributed by atoms with van der Waals surface area (Å²) in [5.74, 6) is 1.09. The molecule has 2 aliphatic rings. The Morgan fingerprint density at radius 3 is 2.27 bits per heavy atom. The number of guanidine groups is 1. The number of aliphatic imine (C=N–C) groups is 1. The minimum absolute atomic E-state index is 0.0356. The number of alkyl carbamates (subject to hydrolysis) is 1. The molecule has 1 saturated carbocycles. The van der Waals surface area contributed by atoms with Gasteiger partial charge in [0.05, 0.1) is 6.04 Å². The molecule has 0 bridgehead atoms. The van der Waals surface area contributed by atoms with Crippen molar-refractivity contribution < 1.29 is 9.53 Å². The highest BCUT2D eigenvalue weighted by Crippen LogP contribution is 2.25. The van der Waals surface area contributed by atoms with Crippen LogP contribution >= 0.6 is 0 Å². The average Bonchev–Trinajstić information content (AvgIpc) is 2.69. The molecular formula is C23H45N5O2. The number of rotatable bonds is 6. The Morgan fingerprint density at radius 2 is 1.73 bits per heavy atom. The van der Waals surface area contributed by atoms with Crippen molar-refractivity contribution in [2.24, 2.45) is 10.9 Å². The fourth-order valence-electron chi connectivity index (χ4n) is 4.36. The van der Waals surface area contributed by atoms with Gasteiger partial charge < -0.3 is 25.6 Å². The summed E-state index contributed by atoms with van der Waals surface area (Å²) >= 11 is 0. The first-order valence-electron chi connectivity index (χ1n) is 11.9. The van der Waals surface area contributed by atoms with Gasteiger partial charge in [0.25, 0.3) is 0 Å². The molecule has 1 unspecified atom stereocenters. The number of likely N-dealkylation sites (tertiary alicyclic amines) is 1. The Morgan fingerprint density at radius 1 is 1.10 bits per heavy atom. The van der Waals surface area contributed by atoms with E-state index in [9.17, 15) is 4.79 Å². The molecule has 0 aromatic carbocycles. The van der Waals surface area contributed by atoms with E-state index in [0.29, 0.717) is 12.6 Å². The summed E-state index contributed by atoms with van der Waals surface area (Å²) in [7, 11) is 1.80. The molecule has 0 radical (unpaired) electrons. The molecule has 1 atom stereocenters. The van der Waals surface area contributed by atoms with Crippen LogP contribution in [0.1, 0.15) is 79.6 Å². The summed E-state index contributed by atoms with van der Waals surface area (Å²) in [4.78, 5) is 19.3. The van der Waals surface area contributed by atoms with Crippen molar-refractivity contribution in [1.29, 1.82) is 0 Å². The molecule has 1 amide bonds. The highest BCUT2D eigenvalue weighted by atomic mass is 16.6. The first kappa shape index (κ1) is 24.8. The molecule has 1 aliphatic heterocycles. The van der Waals surface area contributed by atoms with Crippen LogP contribution in [0.3, 0.4) is 0 Å². The number of nitrogens with one attached hydrogen (secondary N) is 3. The van der Waals surface area contributed by atoms with E-state index in [1.165, 1.54) is 45.2 Å². The first-order chi connectivity index (χ1) is 14.2. The maximum Gasteiger partial charge on any atom is 0.407 e. The molecule has 1 saturated heterocycles. The maximum atomic E-state index is 12.2. The highest BCUT2D eigenvalue weighted by molar-refractivity contribution is 5.80. The molecular weight excluding hydrogens is 378 g/mol. The number of hydrogen-bond acceptors (Lipinski definition) is 4. The SMILES string of the molecule is CN=C(NCC(NC(=O)OC(C)(C)C)C(C)C)NC1CCN(C2CCCCC2)CC1. The van der Waals surface area contributed by atoms with Crippen LogP contribution in [0.25, 0.3) is 0 Å². The predicted octanol–water partition coefficient (Wildman–Crippen LogP) is 3.50. The third-order valence-electron chi connectivity index (χ3n) is 6.18. The van der Waals surface area contributed by atoms with Gasteiger partial charge in [-0.3, -0.25) is 4.99 Å². The van der Waals surface area contributed by atoms with Crippen molar-refractivity contribution >= 4 is 12.1 Å². The van der Waals surface area contributed by atoms with Gasteiger partial charge in [-0.2, -0.15) is 0 Å². The summed E-state index contributed by atoms with van der Waals surface area (Å²) in [6, 6.07) is 1.22.